The molecule has 0 amide bonds. The van der Waals surface area contributed by atoms with Crippen LogP contribution in [0.1, 0.15) is 26.3 Å². The zero-order valence-electron chi connectivity index (χ0n) is 14.9. The minimum Gasteiger partial charge on any atom is -0.405 e. The topological polar surface area (TPSA) is 25.4 Å². The summed E-state index contributed by atoms with van der Waals surface area (Å²) in [6, 6.07) is 3.61. The van der Waals surface area contributed by atoms with Gasteiger partial charge in [0.1, 0.15) is 37.2 Å². The lowest BCUT2D eigenvalue weighted by Gasteiger charge is -2.70. The summed E-state index contributed by atoms with van der Waals surface area (Å²) in [6.07, 6.45) is 2.15. The maximum atomic E-state index is 6.18. The smallest absolute Gasteiger partial charge is 0.129 e. The Morgan fingerprint density at radius 1 is 0.960 bits per heavy atom. The van der Waals surface area contributed by atoms with Crippen LogP contribution in [0.15, 0.2) is 18.3 Å². The van der Waals surface area contributed by atoms with Crippen LogP contribution in [0.5, 0.6) is 0 Å². The van der Waals surface area contributed by atoms with Crippen molar-refractivity contribution in [3.05, 3.63) is 23.9 Å². The predicted molar refractivity (Wildman–Crippen MR) is 108 cm³/mol. The highest BCUT2D eigenvalue weighted by Crippen LogP contribution is 2.43. The van der Waals surface area contributed by atoms with E-state index in [9.17, 15) is 0 Å². The summed E-state index contributed by atoms with van der Waals surface area (Å²) in [5, 5.41) is -8.43. The summed E-state index contributed by atoms with van der Waals surface area (Å²) in [5.41, 5.74) is 0.691. The molecule has 11 heteroatoms. The van der Waals surface area contributed by atoms with Crippen molar-refractivity contribution < 1.29 is 4.74 Å². The van der Waals surface area contributed by atoms with Crippen LogP contribution in [0.25, 0.3) is 0 Å². The Hall–Kier alpha value is -0.571. The molecule has 3 nitrogen and oxygen atoms in total. The molecule has 0 aliphatic carbocycles. The van der Waals surface area contributed by atoms with E-state index in [4.69, 9.17) is 67.5 Å². The van der Waals surface area contributed by atoms with E-state index in [0.717, 1.165) is 10.5 Å². The molecule has 0 bridgehead atoms. The van der Waals surface area contributed by atoms with Gasteiger partial charge in [0.15, 0.2) is 0 Å². The Kier molecular flexibility index (Phi) is 4.95. The van der Waals surface area contributed by atoms with Gasteiger partial charge in [0.25, 0.3) is 0 Å². The maximum Gasteiger partial charge on any atom is 0.129 e. The van der Waals surface area contributed by atoms with Gasteiger partial charge in [0.05, 0.1) is 31.4 Å². The molecule has 1 aliphatic rings. The summed E-state index contributed by atoms with van der Waals surface area (Å²) < 4.78 is 5.23. The zero-order chi connectivity index (χ0) is 19.5. The van der Waals surface area contributed by atoms with Gasteiger partial charge in [-0.25, -0.2) is 4.98 Å². The first kappa shape index (κ1) is 20.7. The molecule has 1 fully saturated rings. The van der Waals surface area contributed by atoms with Gasteiger partial charge in [0.2, 0.25) is 0 Å². The largest absolute Gasteiger partial charge is 0.405 e. The Labute approximate surface area is 161 Å². The highest BCUT2D eigenvalue weighted by molar-refractivity contribution is 6.61. The van der Waals surface area contributed by atoms with E-state index < -0.39 is 21.5 Å². The van der Waals surface area contributed by atoms with E-state index >= 15 is 0 Å². The molecule has 1 aromatic heterocycles. The average Bonchev–Trinajstić information content (AvgIpc) is 2.36. The lowest BCUT2D eigenvalue weighted by molar-refractivity contribution is -0.0257. The van der Waals surface area contributed by atoms with Crippen molar-refractivity contribution in [2.75, 3.05) is 4.90 Å². The number of aromatic nitrogens is 1. The average molecular weight is 313 g/mol. The predicted octanol–water partition coefficient (Wildman–Crippen LogP) is -1.53. The summed E-state index contributed by atoms with van der Waals surface area (Å²) >= 11 is 0. The van der Waals surface area contributed by atoms with Crippen molar-refractivity contribution in [3.8, 4) is 0 Å². The van der Waals surface area contributed by atoms with Crippen LogP contribution in [-0.2, 0) is 11.2 Å². The Balaban J connectivity index is 2.70. The van der Waals surface area contributed by atoms with Gasteiger partial charge in [0, 0.05) is 6.20 Å². The fourth-order valence-electron chi connectivity index (χ4n) is 2.79. The van der Waals surface area contributed by atoms with Crippen molar-refractivity contribution in [2.45, 2.75) is 48.7 Å². The van der Waals surface area contributed by atoms with Gasteiger partial charge in [-0.1, -0.05) is 26.8 Å². The van der Waals surface area contributed by atoms with Crippen molar-refractivity contribution in [3.63, 3.8) is 0 Å². The molecule has 0 atom stereocenters. The van der Waals surface area contributed by atoms with Gasteiger partial charge >= 0.3 is 0 Å². The fraction of sp³-hybridized carbons (Fsp3) is 0.643. The van der Waals surface area contributed by atoms with Crippen molar-refractivity contribution >= 4 is 68.6 Å². The van der Waals surface area contributed by atoms with E-state index in [2.05, 4.69) is 25.8 Å². The number of hydrogen-bond donors (Lipinski definition) is 0. The van der Waals surface area contributed by atoms with Crippen molar-refractivity contribution in [2.24, 2.45) is 5.41 Å². The van der Waals surface area contributed by atoms with Crippen molar-refractivity contribution in [1.29, 1.82) is 0 Å². The molecule has 0 spiro atoms. The molecule has 1 aromatic rings. The zero-order valence-corrected chi connectivity index (χ0v) is 14.9. The molecule has 0 N–H and O–H groups in total. The molecule has 1 aliphatic heterocycles. The lowest BCUT2D eigenvalue weighted by Crippen LogP contribution is -2.86. The minimum absolute atomic E-state index is 0.0766. The molecular weight excluding hydrogens is 299 g/mol. The van der Waals surface area contributed by atoms with Crippen LogP contribution in [0, 0.1) is 5.41 Å². The van der Waals surface area contributed by atoms with Gasteiger partial charge in [-0.3, -0.25) is 0 Å². The van der Waals surface area contributed by atoms with E-state index in [1.807, 2.05) is 6.07 Å². The molecule has 25 heavy (non-hydrogen) atoms. The molecule has 2 rings (SSSR count). The van der Waals surface area contributed by atoms with Gasteiger partial charge in [-0.2, -0.15) is 0 Å². The lowest BCUT2D eigenvalue weighted by atomic mass is 9.30. The Bertz CT molecular complexity index is 630. The second-order valence-corrected chi connectivity index (χ2v) is 7.90. The van der Waals surface area contributed by atoms with E-state index in [1.165, 1.54) is 6.20 Å². The number of ether oxygens (including phenoxy) is 1. The SMILES string of the molecule is [B]C1([B])OC([B])([B])C([B])([B])N(c2ncccc2CC(C)(C)C)C1([B])[B]. The number of anilines is 1. The Morgan fingerprint density at radius 3 is 1.88 bits per heavy atom. The van der Waals surface area contributed by atoms with Crippen LogP contribution in [0.4, 0.5) is 5.82 Å². The number of nitrogens with zero attached hydrogens (tertiary/aromatic N) is 2. The standard InChI is InChI=1S/C14H14B8N2O/c1-10(2,3)7-8-5-4-6-23-9(8)24-11(15,16)13(19,20)25-14(21,22)12(24,17)18/h4-6H,7H2,1-3H3. The van der Waals surface area contributed by atoms with Gasteiger partial charge in [-0.15, -0.1) is 0 Å². The minimum atomic E-state index is -2.16. The summed E-state index contributed by atoms with van der Waals surface area (Å²) in [7, 11) is 48.4. The Morgan fingerprint density at radius 2 is 1.44 bits per heavy atom. The van der Waals surface area contributed by atoms with Crippen molar-refractivity contribution in [1.82, 2.24) is 4.98 Å². The number of hydrogen-bond acceptors (Lipinski definition) is 3. The van der Waals surface area contributed by atoms with Gasteiger partial charge < -0.3 is 9.64 Å². The second-order valence-electron chi connectivity index (χ2n) is 7.90. The first-order valence-electron chi connectivity index (χ1n) is 7.78. The fourth-order valence-corrected chi connectivity index (χ4v) is 2.79. The van der Waals surface area contributed by atoms with E-state index in [-0.39, 0.29) is 11.2 Å². The highest BCUT2D eigenvalue weighted by atomic mass is 16.5. The summed E-state index contributed by atoms with van der Waals surface area (Å²) in [5.74, 6) is 0.274. The normalized spacial score (nSPS) is 23.9. The third-order valence-electron chi connectivity index (χ3n) is 4.13. The van der Waals surface area contributed by atoms with Crippen LogP contribution in [-0.4, -0.2) is 89.2 Å². The molecule has 2 heterocycles. The van der Waals surface area contributed by atoms with E-state index in [1.54, 1.807) is 6.07 Å². The summed E-state index contributed by atoms with van der Waals surface area (Å²) in [4.78, 5) is 5.47. The molecule has 0 unspecified atom stereocenters. The number of pyridine rings is 1. The third kappa shape index (κ3) is 3.50. The number of rotatable bonds is 2. The second kappa shape index (κ2) is 5.97. The third-order valence-corrected chi connectivity index (χ3v) is 4.13. The molecule has 16 radical (unpaired) electrons. The van der Waals surface area contributed by atoms with Crippen LogP contribution in [0.2, 0.25) is 0 Å². The highest BCUT2D eigenvalue weighted by Gasteiger charge is 2.57. The summed E-state index contributed by atoms with van der Waals surface area (Å²) in [6.45, 7) is 6.18. The molecule has 0 saturated carbocycles. The van der Waals surface area contributed by atoms with Gasteiger partial charge in [-0.05, 0) is 44.9 Å². The van der Waals surface area contributed by atoms with E-state index in [0.29, 0.717) is 6.42 Å². The van der Waals surface area contributed by atoms with Crippen LogP contribution >= 0.6 is 0 Å². The number of morpholine rings is 1. The quantitative estimate of drug-likeness (QED) is 0.620. The first-order valence-corrected chi connectivity index (χ1v) is 7.78. The molecule has 110 valence electrons. The maximum absolute atomic E-state index is 6.18. The molecule has 1 saturated heterocycles. The van der Waals surface area contributed by atoms with Crippen LogP contribution in [0.3, 0.4) is 0 Å². The molecular formula is C14H14B8N2O. The first-order chi connectivity index (χ1) is 11.0. The monoisotopic (exact) mass is 314 g/mol. The van der Waals surface area contributed by atoms with Crippen LogP contribution < -0.4 is 4.90 Å². The molecule has 0 aromatic carbocycles.